The van der Waals surface area contributed by atoms with Crippen LogP contribution in [0.25, 0.3) is 0 Å². The monoisotopic (exact) mass is 395 g/mol. The Bertz CT molecular complexity index is 821. The number of rotatable bonds is 8. The summed E-state index contributed by atoms with van der Waals surface area (Å²) in [5.74, 6) is -0.234. The lowest BCUT2D eigenvalue weighted by Crippen LogP contribution is -2.30. The van der Waals surface area contributed by atoms with Crippen LogP contribution in [0.1, 0.15) is 54.2 Å². The first-order valence-corrected chi connectivity index (χ1v) is 10.0. The van der Waals surface area contributed by atoms with Crippen molar-refractivity contribution in [3.8, 4) is 0 Å². The maximum atomic E-state index is 12.3. The number of hydrogen-bond acceptors (Lipinski definition) is 3. The lowest BCUT2D eigenvalue weighted by molar-refractivity contribution is -0.121. The normalized spacial score (nSPS) is 11.4. The van der Waals surface area contributed by atoms with Crippen LogP contribution in [-0.2, 0) is 23.3 Å². The quantitative estimate of drug-likeness (QED) is 0.719. The van der Waals surface area contributed by atoms with Gasteiger partial charge in [0.1, 0.15) is 0 Å². The second-order valence-electron chi connectivity index (χ2n) is 8.62. The van der Waals surface area contributed by atoms with Crippen LogP contribution in [0.3, 0.4) is 0 Å². The van der Waals surface area contributed by atoms with Gasteiger partial charge in [-0.1, -0.05) is 57.2 Å². The molecule has 0 aromatic heterocycles. The highest BCUT2D eigenvalue weighted by atomic mass is 16.2. The molecule has 2 aromatic rings. The summed E-state index contributed by atoms with van der Waals surface area (Å²) >= 11 is 0. The zero-order valence-electron chi connectivity index (χ0n) is 18.2. The van der Waals surface area contributed by atoms with Gasteiger partial charge < -0.3 is 15.5 Å². The molecule has 0 aliphatic rings. The topological polar surface area (TPSA) is 61.4 Å². The standard InChI is InChI=1S/C24H33N3O2/c1-24(2,3)21-12-10-18(11-13-21)23(29)25-15-14-22(28)26-16-19-8-6-7-9-20(19)17-27(4)5/h6-13H,14-17H2,1-5H3,(H,25,29)(H,26,28). The van der Waals surface area contributed by atoms with E-state index in [1.807, 2.05) is 56.6 Å². The maximum Gasteiger partial charge on any atom is 0.251 e. The number of carbonyl (C=O) groups is 2. The van der Waals surface area contributed by atoms with E-state index in [4.69, 9.17) is 0 Å². The van der Waals surface area contributed by atoms with E-state index in [0.717, 1.165) is 12.1 Å². The van der Waals surface area contributed by atoms with Gasteiger partial charge >= 0.3 is 0 Å². The molecule has 0 fully saturated rings. The predicted octanol–water partition coefficient (Wildman–Crippen LogP) is 3.48. The number of hydrogen-bond donors (Lipinski definition) is 2. The van der Waals surface area contributed by atoms with Crippen molar-refractivity contribution in [1.82, 2.24) is 15.5 Å². The van der Waals surface area contributed by atoms with Gasteiger partial charge in [-0.3, -0.25) is 9.59 Å². The summed E-state index contributed by atoms with van der Waals surface area (Å²) in [5.41, 5.74) is 4.15. The molecule has 2 aromatic carbocycles. The first-order valence-electron chi connectivity index (χ1n) is 10.0. The molecule has 2 rings (SSSR count). The van der Waals surface area contributed by atoms with E-state index in [0.29, 0.717) is 18.7 Å². The van der Waals surface area contributed by atoms with Crippen molar-refractivity contribution in [2.45, 2.75) is 45.7 Å². The molecule has 0 saturated carbocycles. The van der Waals surface area contributed by atoms with E-state index in [1.54, 1.807) is 0 Å². The Labute approximate surface area is 174 Å². The molecule has 0 unspecified atom stereocenters. The Morgan fingerprint density at radius 1 is 0.897 bits per heavy atom. The van der Waals surface area contributed by atoms with Crippen LogP contribution >= 0.6 is 0 Å². The van der Waals surface area contributed by atoms with Crippen molar-refractivity contribution in [3.63, 3.8) is 0 Å². The highest BCUT2D eigenvalue weighted by Gasteiger charge is 2.14. The van der Waals surface area contributed by atoms with E-state index >= 15 is 0 Å². The minimum absolute atomic E-state index is 0.0538. The van der Waals surface area contributed by atoms with Crippen LogP contribution < -0.4 is 10.6 Å². The molecule has 156 valence electrons. The van der Waals surface area contributed by atoms with Crippen molar-refractivity contribution in [2.24, 2.45) is 0 Å². The Morgan fingerprint density at radius 2 is 1.52 bits per heavy atom. The molecule has 0 aliphatic heterocycles. The number of nitrogens with one attached hydrogen (secondary N) is 2. The third-order valence-corrected chi connectivity index (χ3v) is 4.73. The highest BCUT2D eigenvalue weighted by Crippen LogP contribution is 2.22. The van der Waals surface area contributed by atoms with Crippen molar-refractivity contribution >= 4 is 11.8 Å². The van der Waals surface area contributed by atoms with E-state index in [1.165, 1.54) is 11.1 Å². The third kappa shape index (κ3) is 7.35. The maximum absolute atomic E-state index is 12.3. The van der Waals surface area contributed by atoms with Gasteiger partial charge in [-0.15, -0.1) is 0 Å². The fraction of sp³-hybridized carbons (Fsp3) is 0.417. The number of nitrogens with zero attached hydrogens (tertiary/aromatic N) is 1. The Balaban J connectivity index is 1.78. The molecular formula is C24H33N3O2. The number of carbonyl (C=O) groups excluding carboxylic acids is 2. The van der Waals surface area contributed by atoms with Crippen LogP contribution in [0, 0.1) is 0 Å². The van der Waals surface area contributed by atoms with E-state index in [2.05, 4.69) is 42.4 Å². The summed E-state index contributed by atoms with van der Waals surface area (Å²) in [4.78, 5) is 26.5. The molecular weight excluding hydrogens is 362 g/mol. The van der Waals surface area contributed by atoms with Crippen LogP contribution in [0.15, 0.2) is 48.5 Å². The molecule has 0 heterocycles. The largest absolute Gasteiger partial charge is 0.352 e. The molecule has 29 heavy (non-hydrogen) atoms. The molecule has 5 nitrogen and oxygen atoms in total. The lowest BCUT2D eigenvalue weighted by atomic mass is 9.87. The fourth-order valence-corrected chi connectivity index (χ4v) is 3.02. The van der Waals surface area contributed by atoms with Crippen LogP contribution in [-0.4, -0.2) is 37.4 Å². The van der Waals surface area contributed by atoms with Crippen LogP contribution in [0.4, 0.5) is 0 Å². The van der Waals surface area contributed by atoms with E-state index in [-0.39, 0.29) is 23.7 Å². The van der Waals surface area contributed by atoms with Gasteiger partial charge in [-0.2, -0.15) is 0 Å². The first-order chi connectivity index (χ1) is 13.7. The summed E-state index contributed by atoms with van der Waals surface area (Å²) in [7, 11) is 4.05. The summed E-state index contributed by atoms with van der Waals surface area (Å²) in [6, 6.07) is 15.7. The highest BCUT2D eigenvalue weighted by molar-refractivity contribution is 5.94. The van der Waals surface area contributed by atoms with Gasteiger partial charge in [0.2, 0.25) is 5.91 Å². The fourth-order valence-electron chi connectivity index (χ4n) is 3.02. The lowest BCUT2D eigenvalue weighted by Gasteiger charge is -2.19. The van der Waals surface area contributed by atoms with Gasteiger partial charge in [0, 0.05) is 31.6 Å². The van der Waals surface area contributed by atoms with Gasteiger partial charge in [0.15, 0.2) is 0 Å². The van der Waals surface area contributed by atoms with Gasteiger partial charge in [-0.05, 0) is 48.3 Å². The van der Waals surface area contributed by atoms with Crippen molar-refractivity contribution < 1.29 is 9.59 Å². The summed E-state index contributed by atoms with van der Waals surface area (Å²) in [6.07, 6.45) is 0.252. The second-order valence-corrected chi connectivity index (χ2v) is 8.62. The Morgan fingerprint density at radius 3 is 2.10 bits per heavy atom. The Kier molecular flexibility index (Phi) is 7.97. The third-order valence-electron chi connectivity index (χ3n) is 4.73. The van der Waals surface area contributed by atoms with Crippen molar-refractivity contribution in [1.29, 1.82) is 0 Å². The molecule has 0 aliphatic carbocycles. The second kappa shape index (κ2) is 10.2. The molecule has 2 amide bonds. The minimum Gasteiger partial charge on any atom is -0.352 e. The summed E-state index contributed by atoms with van der Waals surface area (Å²) in [6.45, 7) is 8.05. The number of benzene rings is 2. The molecule has 0 spiro atoms. The zero-order valence-corrected chi connectivity index (χ0v) is 18.2. The average molecular weight is 396 g/mol. The molecule has 2 N–H and O–H groups in total. The molecule has 5 heteroatoms. The molecule has 0 atom stereocenters. The van der Waals surface area contributed by atoms with Gasteiger partial charge in [0.25, 0.3) is 5.91 Å². The van der Waals surface area contributed by atoms with Crippen molar-refractivity contribution in [3.05, 3.63) is 70.8 Å². The van der Waals surface area contributed by atoms with Crippen LogP contribution in [0.5, 0.6) is 0 Å². The molecule has 0 radical (unpaired) electrons. The first kappa shape index (κ1) is 22.6. The minimum atomic E-state index is -0.158. The number of amides is 2. The summed E-state index contributed by atoms with van der Waals surface area (Å²) < 4.78 is 0. The van der Waals surface area contributed by atoms with E-state index < -0.39 is 0 Å². The van der Waals surface area contributed by atoms with Crippen LogP contribution in [0.2, 0.25) is 0 Å². The molecule has 0 saturated heterocycles. The smallest absolute Gasteiger partial charge is 0.251 e. The van der Waals surface area contributed by atoms with Gasteiger partial charge in [-0.25, -0.2) is 0 Å². The Hall–Kier alpha value is -2.66. The average Bonchev–Trinajstić information content (AvgIpc) is 2.66. The van der Waals surface area contributed by atoms with Gasteiger partial charge in [0.05, 0.1) is 0 Å². The van der Waals surface area contributed by atoms with E-state index in [9.17, 15) is 9.59 Å². The predicted molar refractivity (Wildman–Crippen MR) is 118 cm³/mol. The SMILES string of the molecule is CN(C)Cc1ccccc1CNC(=O)CCNC(=O)c1ccc(C(C)(C)C)cc1. The molecule has 0 bridgehead atoms. The van der Waals surface area contributed by atoms with Crippen molar-refractivity contribution in [2.75, 3.05) is 20.6 Å². The summed E-state index contributed by atoms with van der Waals surface area (Å²) in [5, 5.41) is 5.76. The zero-order chi connectivity index (χ0) is 21.4.